The molecule has 2 nitrogen and oxygen atoms in total. The molecule has 0 bridgehead atoms. The SMILES string of the molecule is CCCNC(=O)C(S)C(C)C. The van der Waals surface area contributed by atoms with Crippen LogP contribution >= 0.6 is 12.6 Å². The Morgan fingerprint density at radius 1 is 1.55 bits per heavy atom. The Hall–Kier alpha value is -0.180. The Morgan fingerprint density at radius 3 is 2.45 bits per heavy atom. The molecule has 66 valence electrons. The Balaban J connectivity index is 3.64. The van der Waals surface area contributed by atoms with Crippen LogP contribution in [0.4, 0.5) is 0 Å². The van der Waals surface area contributed by atoms with Gasteiger partial charge in [0, 0.05) is 6.54 Å². The first-order valence-electron chi connectivity index (χ1n) is 4.05. The molecular weight excluding hydrogens is 158 g/mol. The summed E-state index contributed by atoms with van der Waals surface area (Å²) in [5, 5.41) is 2.63. The van der Waals surface area contributed by atoms with Gasteiger partial charge >= 0.3 is 0 Å². The first-order chi connectivity index (χ1) is 5.09. The van der Waals surface area contributed by atoms with Crippen LogP contribution in [0.3, 0.4) is 0 Å². The summed E-state index contributed by atoms with van der Waals surface area (Å²) >= 11 is 4.18. The first-order valence-corrected chi connectivity index (χ1v) is 4.57. The van der Waals surface area contributed by atoms with E-state index >= 15 is 0 Å². The molecule has 0 spiro atoms. The number of hydrogen-bond donors (Lipinski definition) is 2. The molecule has 0 radical (unpaired) electrons. The van der Waals surface area contributed by atoms with Crippen molar-refractivity contribution in [1.82, 2.24) is 5.32 Å². The first kappa shape index (κ1) is 10.8. The van der Waals surface area contributed by atoms with Crippen molar-refractivity contribution in [3.63, 3.8) is 0 Å². The fourth-order valence-corrected chi connectivity index (χ4v) is 0.747. The van der Waals surface area contributed by atoms with Gasteiger partial charge in [-0.15, -0.1) is 0 Å². The van der Waals surface area contributed by atoms with Crippen LogP contribution in [0.5, 0.6) is 0 Å². The smallest absolute Gasteiger partial charge is 0.233 e. The highest BCUT2D eigenvalue weighted by molar-refractivity contribution is 7.81. The van der Waals surface area contributed by atoms with Crippen molar-refractivity contribution in [2.45, 2.75) is 32.4 Å². The highest BCUT2D eigenvalue weighted by Gasteiger charge is 2.16. The quantitative estimate of drug-likeness (QED) is 0.622. The molecule has 1 unspecified atom stereocenters. The lowest BCUT2D eigenvalue weighted by Crippen LogP contribution is -2.34. The predicted octanol–water partition coefficient (Wildman–Crippen LogP) is 1.47. The largest absolute Gasteiger partial charge is 0.355 e. The van der Waals surface area contributed by atoms with E-state index in [9.17, 15) is 4.79 Å². The van der Waals surface area contributed by atoms with Gasteiger partial charge in [-0.1, -0.05) is 20.8 Å². The Labute approximate surface area is 74.2 Å². The van der Waals surface area contributed by atoms with Gasteiger partial charge in [-0.05, 0) is 12.3 Å². The summed E-state index contributed by atoms with van der Waals surface area (Å²) in [7, 11) is 0. The molecule has 0 heterocycles. The van der Waals surface area contributed by atoms with E-state index in [2.05, 4.69) is 17.9 Å². The number of thiol groups is 1. The molecule has 0 aromatic carbocycles. The lowest BCUT2D eigenvalue weighted by atomic mass is 10.1. The summed E-state index contributed by atoms with van der Waals surface area (Å²) in [6.07, 6.45) is 0.977. The molecule has 11 heavy (non-hydrogen) atoms. The molecule has 0 fully saturated rings. The molecule has 1 atom stereocenters. The van der Waals surface area contributed by atoms with Crippen molar-refractivity contribution >= 4 is 18.5 Å². The van der Waals surface area contributed by atoms with Crippen molar-refractivity contribution in [3.05, 3.63) is 0 Å². The monoisotopic (exact) mass is 175 g/mol. The van der Waals surface area contributed by atoms with Crippen LogP contribution in [0.25, 0.3) is 0 Å². The van der Waals surface area contributed by atoms with Crippen molar-refractivity contribution in [2.24, 2.45) is 5.92 Å². The van der Waals surface area contributed by atoms with Crippen LogP contribution in [-0.4, -0.2) is 17.7 Å². The van der Waals surface area contributed by atoms with Gasteiger partial charge in [0.2, 0.25) is 5.91 Å². The van der Waals surface area contributed by atoms with Gasteiger partial charge < -0.3 is 5.32 Å². The highest BCUT2D eigenvalue weighted by Crippen LogP contribution is 2.07. The minimum atomic E-state index is -0.165. The van der Waals surface area contributed by atoms with Crippen molar-refractivity contribution < 1.29 is 4.79 Å². The fourth-order valence-electron chi connectivity index (χ4n) is 0.656. The van der Waals surface area contributed by atoms with Gasteiger partial charge in [-0.3, -0.25) is 4.79 Å². The van der Waals surface area contributed by atoms with Crippen molar-refractivity contribution in [1.29, 1.82) is 0 Å². The van der Waals surface area contributed by atoms with Crippen LogP contribution in [0.1, 0.15) is 27.2 Å². The molecule has 0 saturated carbocycles. The standard InChI is InChI=1S/C8H17NOS/c1-4-5-9-8(10)7(11)6(2)3/h6-7,11H,4-5H2,1-3H3,(H,9,10). The van der Waals surface area contributed by atoms with Crippen LogP contribution in [0.15, 0.2) is 0 Å². The second-order valence-corrected chi connectivity index (χ2v) is 3.54. The predicted molar refractivity (Wildman–Crippen MR) is 50.9 cm³/mol. The van der Waals surface area contributed by atoms with Gasteiger partial charge in [0.05, 0.1) is 5.25 Å². The van der Waals surface area contributed by atoms with Crippen LogP contribution in [-0.2, 0) is 4.79 Å². The minimum Gasteiger partial charge on any atom is -0.355 e. The lowest BCUT2D eigenvalue weighted by molar-refractivity contribution is -0.121. The lowest BCUT2D eigenvalue weighted by Gasteiger charge is -2.13. The van der Waals surface area contributed by atoms with Gasteiger partial charge in [0.25, 0.3) is 0 Å². The van der Waals surface area contributed by atoms with E-state index in [1.54, 1.807) is 0 Å². The Kier molecular flexibility index (Phi) is 5.38. The summed E-state index contributed by atoms with van der Waals surface area (Å²) in [4.78, 5) is 11.2. The van der Waals surface area contributed by atoms with Crippen LogP contribution < -0.4 is 5.32 Å². The summed E-state index contributed by atoms with van der Waals surface area (Å²) in [5.74, 6) is 0.348. The third-order valence-electron chi connectivity index (χ3n) is 1.45. The van der Waals surface area contributed by atoms with E-state index in [-0.39, 0.29) is 11.2 Å². The summed E-state index contributed by atoms with van der Waals surface area (Å²) in [6.45, 7) is 6.76. The fraction of sp³-hybridized carbons (Fsp3) is 0.875. The number of carbonyl (C=O) groups excluding carboxylic acids is 1. The zero-order valence-corrected chi connectivity index (χ0v) is 8.32. The van der Waals surface area contributed by atoms with Crippen LogP contribution in [0.2, 0.25) is 0 Å². The van der Waals surface area contributed by atoms with E-state index in [1.807, 2.05) is 20.8 Å². The molecule has 0 aromatic heterocycles. The molecule has 1 N–H and O–H groups in total. The van der Waals surface area contributed by atoms with Gasteiger partial charge in [-0.25, -0.2) is 0 Å². The van der Waals surface area contributed by atoms with Gasteiger partial charge in [0.15, 0.2) is 0 Å². The average Bonchev–Trinajstić information content (AvgIpc) is 1.98. The highest BCUT2D eigenvalue weighted by atomic mass is 32.1. The second kappa shape index (κ2) is 5.47. The molecule has 0 aliphatic rings. The molecular formula is C8H17NOS. The number of amides is 1. The molecule has 0 aliphatic heterocycles. The topological polar surface area (TPSA) is 29.1 Å². The van der Waals surface area contributed by atoms with Gasteiger partial charge in [0.1, 0.15) is 0 Å². The van der Waals surface area contributed by atoms with Crippen molar-refractivity contribution in [3.8, 4) is 0 Å². The zero-order chi connectivity index (χ0) is 8.85. The Bertz CT molecular complexity index is 125. The number of nitrogens with one attached hydrogen (secondary N) is 1. The third kappa shape index (κ3) is 4.30. The van der Waals surface area contributed by atoms with E-state index in [4.69, 9.17) is 0 Å². The summed E-state index contributed by atoms with van der Waals surface area (Å²) in [6, 6.07) is 0. The van der Waals surface area contributed by atoms with E-state index in [0.717, 1.165) is 13.0 Å². The molecule has 0 saturated heterocycles. The number of carbonyl (C=O) groups is 1. The molecule has 0 aromatic rings. The number of rotatable bonds is 4. The Morgan fingerprint density at radius 2 is 2.09 bits per heavy atom. The second-order valence-electron chi connectivity index (χ2n) is 2.98. The summed E-state index contributed by atoms with van der Waals surface area (Å²) < 4.78 is 0. The maximum Gasteiger partial charge on any atom is 0.233 e. The molecule has 3 heteroatoms. The average molecular weight is 175 g/mol. The van der Waals surface area contributed by atoms with Crippen LogP contribution in [0, 0.1) is 5.92 Å². The minimum absolute atomic E-state index is 0.0465. The van der Waals surface area contributed by atoms with E-state index in [1.165, 1.54) is 0 Å². The molecule has 1 amide bonds. The summed E-state index contributed by atoms with van der Waals surface area (Å²) in [5.41, 5.74) is 0. The normalized spacial score (nSPS) is 13.2. The van der Waals surface area contributed by atoms with E-state index < -0.39 is 0 Å². The number of hydrogen-bond acceptors (Lipinski definition) is 2. The zero-order valence-electron chi connectivity index (χ0n) is 7.42. The van der Waals surface area contributed by atoms with Gasteiger partial charge in [-0.2, -0.15) is 12.6 Å². The maximum atomic E-state index is 11.2. The maximum absolute atomic E-state index is 11.2. The third-order valence-corrected chi connectivity index (χ3v) is 2.28. The van der Waals surface area contributed by atoms with Crippen molar-refractivity contribution in [2.75, 3.05) is 6.54 Å². The molecule has 0 aliphatic carbocycles. The molecule has 0 rings (SSSR count). The van der Waals surface area contributed by atoms with E-state index in [0.29, 0.717) is 5.92 Å².